The summed E-state index contributed by atoms with van der Waals surface area (Å²) in [4.78, 5) is 39.0. The van der Waals surface area contributed by atoms with E-state index in [2.05, 4.69) is 0 Å². The normalized spacial score (nSPS) is 20.5. The van der Waals surface area contributed by atoms with Crippen LogP contribution in [0.2, 0.25) is 0 Å². The Labute approximate surface area is 153 Å². The molecule has 2 fully saturated rings. The van der Waals surface area contributed by atoms with Gasteiger partial charge in [-0.1, -0.05) is 12.1 Å². The standard InChI is InChI=1S/C20H26N2O4/c23-18-5-3-13-21(18)17-8-6-15(7-9-17)14-19(24)22-12-2-1-4-16(22)10-11-20(25)26/h6-9,16H,1-5,10-14H2,(H,25,26)/t16-/m1/s1. The second-order valence-corrected chi connectivity index (χ2v) is 7.16. The van der Waals surface area contributed by atoms with Crippen molar-refractivity contribution in [3.05, 3.63) is 29.8 Å². The second-order valence-electron chi connectivity index (χ2n) is 7.16. The number of aliphatic carboxylic acids is 1. The van der Waals surface area contributed by atoms with E-state index in [0.717, 1.165) is 43.5 Å². The van der Waals surface area contributed by atoms with Crippen molar-refractivity contribution in [2.75, 3.05) is 18.0 Å². The molecule has 1 aromatic rings. The summed E-state index contributed by atoms with van der Waals surface area (Å²) < 4.78 is 0. The molecule has 1 atom stereocenters. The van der Waals surface area contributed by atoms with Gasteiger partial charge in [-0.25, -0.2) is 0 Å². The zero-order chi connectivity index (χ0) is 18.5. The first-order chi connectivity index (χ1) is 12.5. The fourth-order valence-corrected chi connectivity index (χ4v) is 3.91. The minimum Gasteiger partial charge on any atom is -0.481 e. The Bertz CT molecular complexity index is 671. The Morgan fingerprint density at radius 2 is 1.85 bits per heavy atom. The van der Waals surface area contributed by atoms with Crippen LogP contribution in [0.3, 0.4) is 0 Å². The van der Waals surface area contributed by atoms with Crippen LogP contribution in [0, 0.1) is 0 Å². The molecule has 2 saturated heterocycles. The molecule has 2 aliphatic heterocycles. The molecule has 26 heavy (non-hydrogen) atoms. The highest BCUT2D eigenvalue weighted by atomic mass is 16.4. The first kappa shape index (κ1) is 18.4. The van der Waals surface area contributed by atoms with Gasteiger partial charge in [0.25, 0.3) is 0 Å². The average Bonchev–Trinajstić information content (AvgIpc) is 3.07. The Balaban J connectivity index is 1.60. The third-order valence-electron chi connectivity index (χ3n) is 5.32. The van der Waals surface area contributed by atoms with E-state index >= 15 is 0 Å². The Kier molecular flexibility index (Phi) is 5.91. The summed E-state index contributed by atoms with van der Waals surface area (Å²) >= 11 is 0. The lowest BCUT2D eigenvalue weighted by molar-refractivity contribution is -0.139. The number of carbonyl (C=O) groups excluding carboxylic acids is 2. The molecule has 6 nitrogen and oxygen atoms in total. The van der Waals surface area contributed by atoms with E-state index in [1.807, 2.05) is 29.2 Å². The van der Waals surface area contributed by atoms with Crippen LogP contribution in [-0.4, -0.2) is 46.9 Å². The van der Waals surface area contributed by atoms with Crippen LogP contribution in [-0.2, 0) is 20.8 Å². The number of anilines is 1. The van der Waals surface area contributed by atoms with Crippen LogP contribution in [0.4, 0.5) is 5.69 Å². The lowest BCUT2D eigenvalue weighted by atomic mass is 9.97. The molecule has 0 saturated carbocycles. The molecular weight excluding hydrogens is 332 g/mol. The molecule has 140 valence electrons. The van der Waals surface area contributed by atoms with Gasteiger partial charge < -0.3 is 14.9 Å². The zero-order valence-electron chi connectivity index (χ0n) is 15.0. The number of nitrogens with zero attached hydrogens (tertiary/aromatic N) is 2. The molecule has 6 heteroatoms. The molecule has 0 radical (unpaired) electrons. The van der Waals surface area contributed by atoms with Crippen molar-refractivity contribution < 1.29 is 19.5 Å². The summed E-state index contributed by atoms with van der Waals surface area (Å²) in [5.41, 5.74) is 1.81. The smallest absolute Gasteiger partial charge is 0.303 e. The van der Waals surface area contributed by atoms with Crippen LogP contribution in [0.1, 0.15) is 50.5 Å². The number of likely N-dealkylation sites (tertiary alicyclic amines) is 1. The number of hydrogen-bond acceptors (Lipinski definition) is 3. The number of amides is 2. The average molecular weight is 358 g/mol. The molecular formula is C20H26N2O4. The third kappa shape index (κ3) is 4.42. The summed E-state index contributed by atoms with van der Waals surface area (Å²) in [6, 6.07) is 7.67. The summed E-state index contributed by atoms with van der Waals surface area (Å²) in [5.74, 6) is -0.594. The lowest BCUT2D eigenvalue weighted by Gasteiger charge is -2.36. The molecule has 3 rings (SSSR count). The molecule has 0 unspecified atom stereocenters. The van der Waals surface area contributed by atoms with Gasteiger partial charge in [0, 0.05) is 37.7 Å². The summed E-state index contributed by atoms with van der Waals surface area (Å²) in [6.07, 6.45) is 5.35. The van der Waals surface area contributed by atoms with Crippen LogP contribution in [0.15, 0.2) is 24.3 Å². The van der Waals surface area contributed by atoms with Crippen molar-refractivity contribution >= 4 is 23.5 Å². The molecule has 2 heterocycles. The Morgan fingerprint density at radius 3 is 2.50 bits per heavy atom. The number of rotatable bonds is 6. The molecule has 0 spiro atoms. The Hall–Kier alpha value is -2.37. The molecule has 1 aromatic carbocycles. The molecule has 1 N–H and O–H groups in total. The van der Waals surface area contributed by atoms with Crippen molar-refractivity contribution in [3.63, 3.8) is 0 Å². The van der Waals surface area contributed by atoms with E-state index in [9.17, 15) is 14.4 Å². The van der Waals surface area contributed by atoms with Gasteiger partial charge in [0.2, 0.25) is 11.8 Å². The van der Waals surface area contributed by atoms with Crippen LogP contribution < -0.4 is 4.90 Å². The SMILES string of the molecule is O=C(O)CC[C@H]1CCCCN1C(=O)Cc1ccc(N2CCCC2=O)cc1. The number of hydrogen-bond donors (Lipinski definition) is 1. The van der Waals surface area contributed by atoms with Gasteiger partial charge in [-0.3, -0.25) is 14.4 Å². The first-order valence-electron chi connectivity index (χ1n) is 9.45. The van der Waals surface area contributed by atoms with E-state index in [4.69, 9.17) is 5.11 Å². The number of carboxylic acid groups (broad SMARTS) is 1. The van der Waals surface area contributed by atoms with Crippen LogP contribution in [0.5, 0.6) is 0 Å². The second kappa shape index (κ2) is 8.34. The maximum absolute atomic E-state index is 12.7. The van der Waals surface area contributed by atoms with Crippen molar-refractivity contribution in [1.29, 1.82) is 0 Å². The van der Waals surface area contributed by atoms with Crippen molar-refractivity contribution in [2.24, 2.45) is 0 Å². The highest BCUT2D eigenvalue weighted by molar-refractivity contribution is 5.95. The molecule has 2 aliphatic rings. The molecule has 0 aromatic heterocycles. The highest BCUT2D eigenvalue weighted by Crippen LogP contribution is 2.24. The predicted octanol–water partition coefficient (Wildman–Crippen LogP) is 2.60. The van der Waals surface area contributed by atoms with Crippen molar-refractivity contribution in [1.82, 2.24) is 4.90 Å². The molecule has 2 amide bonds. The number of carboxylic acids is 1. The molecule has 0 aliphatic carbocycles. The number of benzene rings is 1. The van der Waals surface area contributed by atoms with E-state index in [0.29, 0.717) is 25.8 Å². The lowest BCUT2D eigenvalue weighted by Crippen LogP contribution is -2.44. The van der Waals surface area contributed by atoms with Gasteiger partial charge in [0.15, 0.2) is 0 Å². The third-order valence-corrected chi connectivity index (χ3v) is 5.32. The van der Waals surface area contributed by atoms with E-state index in [1.165, 1.54) is 0 Å². The van der Waals surface area contributed by atoms with Crippen molar-refractivity contribution in [2.45, 2.75) is 57.4 Å². The largest absolute Gasteiger partial charge is 0.481 e. The van der Waals surface area contributed by atoms with Gasteiger partial charge >= 0.3 is 5.97 Å². The van der Waals surface area contributed by atoms with Crippen LogP contribution in [0.25, 0.3) is 0 Å². The number of piperidine rings is 1. The summed E-state index contributed by atoms with van der Waals surface area (Å²) in [6.45, 7) is 1.47. The predicted molar refractivity (Wildman–Crippen MR) is 98.0 cm³/mol. The maximum atomic E-state index is 12.7. The monoisotopic (exact) mass is 358 g/mol. The minimum absolute atomic E-state index is 0.0360. The van der Waals surface area contributed by atoms with Crippen LogP contribution >= 0.6 is 0 Å². The minimum atomic E-state index is -0.810. The fraction of sp³-hybridized carbons (Fsp3) is 0.550. The van der Waals surface area contributed by atoms with Crippen molar-refractivity contribution in [3.8, 4) is 0 Å². The summed E-state index contributed by atoms with van der Waals surface area (Å²) in [7, 11) is 0. The Morgan fingerprint density at radius 1 is 1.08 bits per heavy atom. The van der Waals surface area contributed by atoms with E-state index in [-0.39, 0.29) is 24.3 Å². The maximum Gasteiger partial charge on any atom is 0.303 e. The topological polar surface area (TPSA) is 77.9 Å². The van der Waals surface area contributed by atoms with E-state index in [1.54, 1.807) is 4.90 Å². The van der Waals surface area contributed by atoms with Gasteiger partial charge in [0.05, 0.1) is 6.42 Å². The fourth-order valence-electron chi connectivity index (χ4n) is 3.91. The highest BCUT2D eigenvalue weighted by Gasteiger charge is 2.27. The van der Waals surface area contributed by atoms with E-state index < -0.39 is 5.97 Å². The van der Waals surface area contributed by atoms with Gasteiger partial charge in [-0.05, 0) is 49.8 Å². The van der Waals surface area contributed by atoms with Gasteiger partial charge in [-0.15, -0.1) is 0 Å². The van der Waals surface area contributed by atoms with Gasteiger partial charge in [-0.2, -0.15) is 0 Å². The van der Waals surface area contributed by atoms with Gasteiger partial charge in [0.1, 0.15) is 0 Å². The summed E-state index contributed by atoms with van der Waals surface area (Å²) in [5, 5.41) is 8.91. The molecule has 0 bridgehead atoms. The number of carbonyl (C=O) groups is 3. The quantitative estimate of drug-likeness (QED) is 0.848. The first-order valence-corrected chi connectivity index (χ1v) is 9.45. The zero-order valence-corrected chi connectivity index (χ0v) is 15.0.